The van der Waals surface area contributed by atoms with Gasteiger partial charge in [0, 0.05) is 32.0 Å². The molecule has 2 atom stereocenters. The average molecular weight is 487 g/mol. The highest BCUT2D eigenvalue weighted by atomic mass is 19.3. The number of piperidine rings is 1. The van der Waals surface area contributed by atoms with Crippen molar-refractivity contribution >= 4 is 18.0 Å². The third kappa shape index (κ3) is 4.99. The van der Waals surface area contributed by atoms with Crippen molar-refractivity contribution in [1.82, 2.24) is 10.2 Å². The third-order valence-electron chi connectivity index (χ3n) is 6.92. The molecule has 0 radical (unpaired) electrons. The topological polar surface area (TPSA) is 95.9 Å². The van der Waals surface area contributed by atoms with E-state index in [9.17, 15) is 23.2 Å². The lowest BCUT2D eigenvalue weighted by Gasteiger charge is -2.37. The lowest BCUT2D eigenvalue weighted by atomic mass is 9.92. The number of likely N-dealkylation sites (tertiary alicyclic amines) is 1. The minimum Gasteiger partial charge on any atom is -0.481 e. The number of alkyl carbamates (subject to hydrolysis) is 1. The number of carboxylic acid groups (broad SMARTS) is 1. The average Bonchev–Trinajstić information content (AvgIpc) is 3.16. The molecule has 1 aliphatic carbocycles. The Morgan fingerprint density at radius 3 is 2.29 bits per heavy atom. The quantitative estimate of drug-likeness (QED) is 0.614. The summed E-state index contributed by atoms with van der Waals surface area (Å²) in [6.07, 6.45) is -1.02. The molecule has 35 heavy (non-hydrogen) atoms. The number of hydrogen-bond donors (Lipinski definition) is 2. The largest absolute Gasteiger partial charge is 0.481 e. The predicted octanol–water partition coefficient (Wildman–Crippen LogP) is 4.12. The van der Waals surface area contributed by atoms with Crippen LogP contribution in [0.3, 0.4) is 0 Å². The number of alkyl halides is 2. The zero-order chi connectivity index (χ0) is 25.2. The van der Waals surface area contributed by atoms with E-state index in [0.29, 0.717) is 6.42 Å². The van der Waals surface area contributed by atoms with Crippen LogP contribution in [0.25, 0.3) is 11.1 Å². The molecule has 2 amide bonds. The molecule has 1 fully saturated rings. The molecule has 7 nitrogen and oxygen atoms in total. The second-order valence-corrected chi connectivity index (χ2v) is 9.00. The van der Waals surface area contributed by atoms with E-state index >= 15 is 0 Å². The molecular formula is C26H28F2N2O5. The van der Waals surface area contributed by atoms with Crippen LogP contribution in [0.15, 0.2) is 48.5 Å². The lowest BCUT2D eigenvalue weighted by Crippen LogP contribution is -2.54. The zero-order valence-electron chi connectivity index (χ0n) is 19.4. The molecule has 0 bridgehead atoms. The van der Waals surface area contributed by atoms with Crippen LogP contribution in [0.5, 0.6) is 0 Å². The first-order chi connectivity index (χ1) is 16.7. The number of carbonyl (C=O) groups excluding carboxylic acids is 2. The van der Waals surface area contributed by atoms with Gasteiger partial charge in [-0.05, 0) is 28.7 Å². The Morgan fingerprint density at radius 1 is 1.11 bits per heavy atom. The van der Waals surface area contributed by atoms with Gasteiger partial charge in [-0.15, -0.1) is 0 Å². The highest BCUT2D eigenvalue weighted by Gasteiger charge is 2.49. The number of rotatable bonds is 7. The number of aliphatic carboxylic acids is 1. The monoisotopic (exact) mass is 486 g/mol. The second-order valence-electron chi connectivity index (χ2n) is 9.00. The normalized spacial score (nSPS) is 19.4. The van der Waals surface area contributed by atoms with E-state index in [4.69, 9.17) is 9.84 Å². The van der Waals surface area contributed by atoms with Crippen LogP contribution < -0.4 is 5.32 Å². The number of hydrogen-bond acceptors (Lipinski definition) is 4. The summed E-state index contributed by atoms with van der Waals surface area (Å²) in [6, 6.07) is 15.9. The van der Waals surface area contributed by atoms with E-state index in [1.165, 1.54) is 0 Å². The SMILES string of the molecule is CCC(CNC(=O)OCC1c2ccccc2-c2ccccc21)C(=O)N1CCC(F)(F)C(C(=O)O)C1. The molecule has 2 N–H and O–H groups in total. The highest BCUT2D eigenvalue weighted by Crippen LogP contribution is 2.44. The Balaban J connectivity index is 1.33. The molecule has 2 aromatic rings. The maximum atomic E-state index is 13.9. The van der Waals surface area contributed by atoms with Gasteiger partial charge in [-0.3, -0.25) is 9.59 Å². The molecule has 0 aromatic heterocycles. The first-order valence-corrected chi connectivity index (χ1v) is 11.7. The molecule has 0 saturated carbocycles. The first kappa shape index (κ1) is 24.6. The van der Waals surface area contributed by atoms with Crippen molar-refractivity contribution in [2.45, 2.75) is 31.6 Å². The number of ether oxygens (including phenoxy) is 1. The van der Waals surface area contributed by atoms with Crippen molar-refractivity contribution in [3.63, 3.8) is 0 Å². The van der Waals surface area contributed by atoms with Crippen LogP contribution in [0, 0.1) is 11.8 Å². The Bertz CT molecular complexity index is 1080. The van der Waals surface area contributed by atoms with Crippen molar-refractivity contribution in [3.8, 4) is 11.1 Å². The Kier molecular flexibility index (Phi) is 7.05. The molecule has 1 heterocycles. The molecule has 186 valence electrons. The lowest BCUT2D eigenvalue weighted by molar-refractivity contribution is -0.170. The molecule has 9 heteroatoms. The Labute approximate surface area is 202 Å². The van der Waals surface area contributed by atoms with Gasteiger partial charge < -0.3 is 20.1 Å². The number of amides is 2. The molecule has 2 unspecified atom stereocenters. The van der Waals surface area contributed by atoms with Crippen molar-refractivity contribution in [1.29, 1.82) is 0 Å². The van der Waals surface area contributed by atoms with E-state index < -0.39 is 48.7 Å². The van der Waals surface area contributed by atoms with Gasteiger partial charge in [0.25, 0.3) is 5.92 Å². The van der Waals surface area contributed by atoms with Crippen molar-refractivity contribution in [3.05, 3.63) is 59.7 Å². The fourth-order valence-corrected chi connectivity index (χ4v) is 4.88. The second kappa shape index (κ2) is 10.0. The van der Waals surface area contributed by atoms with Gasteiger partial charge in [-0.2, -0.15) is 0 Å². The van der Waals surface area contributed by atoms with Gasteiger partial charge in [-0.25, -0.2) is 13.6 Å². The van der Waals surface area contributed by atoms with Gasteiger partial charge in [-0.1, -0.05) is 55.5 Å². The number of benzene rings is 2. The van der Waals surface area contributed by atoms with Crippen LogP contribution in [-0.4, -0.2) is 60.1 Å². The van der Waals surface area contributed by atoms with Crippen LogP contribution in [0.1, 0.15) is 36.8 Å². The molecule has 0 spiro atoms. The van der Waals surface area contributed by atoms with Crippen LogP contribution in [-0.2, 0) is 14.3 Å². The molecular weight excluding hydrogens is 458 g/mol. The van der Waals surface area contributed by atoms with E-state index in [1.807, 2.05) is 48.5 Å². The Morgan fingerprint density at radius 2 is 1.71 bits per heavy atom. The minimum atomic E-state index is -3.36. The van der Waals surface area contributed by atoms with Crippen LogP contribution in [0.4, 0.5) is 13.6 Å². The van der Waals surface area contributed by atoms with Crippen molar-refractivity contribution in [2.24, 2.45) is 11.8 Å². The standard InChI is InChI=1S/C26H28F2N2O5/c1-2-16(23(31)30-12-11-26(27,28)22(14-30)24(32)33)13-29-25(34)35-15-21-19-9-5-3-7-17(19)18-8-4-6-10-20(18)21/h3-10,16,21-22H,2,11-15H2,1H3,(H,29,34)(H,32,33). The summed E-state index contributed by atoms with van der Waals surface area (Å²) in [5.41, 5.74) is 4.39. The number of carboxylic acids is 1. The molecule has 2 aromatic carbocycles. The molecule has 2 aliphatic rings. The molecule has 1 saturated heterocycles. The van der Waals surface area contributed by atoms with Crippen molar-refractivity contribution < 1.29 is 33.0 Å². The number of nitrogens with one attached hydrogen (secondary N) is 1. The number of fused-ring (bicyclic) bond motifs is 3. The molecule has 1 aliphatic heterocycles. The van der Waals surface area contributed by atoms with E-state index in [0.717, 1.165) is 27.2 Å². The zero-order valence-corrected chi connectivity index (χ0v) is 19.4. The van der Waals surface area contributed by atoms with Gasteiger partial charge in [0.2, 0.25) is 5.91 Å². The predicted molar refractivity (Wildman–Crippen MR) is 124 cm³/mol. The van der Waals surface area contributed by atoms with Gasteiger partial charge in [0.05, 0.1) is 5.92 Å². The van der Waals surface area contributed by atoms with E-state index in [-0.39, 0.29) is 25.6 Å². The minimum absolute atomic E-state index is 0.0311. The number of nitrogens with zero attached hydrogens (tertiary/aromatic N) is 1. The molecule has 4 rings (SSSR count). The first-order valence-electron chi connectivity index (χ1n) is 11.7. The number of carbonyl (C=O) groups is 3. The van der Waals surface area contributed by atoms with Gasteiger partial charge in [0.1, 0.15) is 12.5 Å². The third-order valence-corrected chi connectivity index (χ3v) is 6.92. The van der Waals surface area contributed by atoms with Crippen LogP contribution in [0.2, 0.25) is 0 Å². The van der Waals surface area contributed by atoms with Crippen molar-refractivity contribution in [2.75, 3.05) is 26.2 Å². The van der Waals surface area contributed by atoms with Gasteiger partial charge in [0.15, 0.2) is 0 Å². The smallest absolute Gasteiger partial charge is 0.407 e. The summed E-state index contributed by atoms with van der Waals surface area (Å²) in [6.45, 7) is 1.07. The summed E-state index contributed by atoms with van der Waals surface area (Å²) in [4.78, 5) is 37.7. The summed E-state index contributed by atoms with van der Waals surface area (Å²) in [7, 11) is 0. The van der Waals surface area contributed by atoms with E-state index in [2.05, 4.69) is 5.32 Å². The van der Waals surface area contributed by atoms with E-state index in [1.54, 1.807) is 6.92 Å². The summed E-state index contributed by atoms with van der Waals surface area (Å²) < 4.78 is 33.3. The highest BCUT2D eigenvalue weighted by molar-refractivity contribution is 5.82. The number of halogens is 2. The van der Waals surface area contributed by atoms with Gasteiger partial charge >= 0.3 is 12.1 Å². The maximum absolute atomic E-state index is 13.9. The summed E-state index contributed by atoms with van der Waals surface area (Å²) in [5.74, 6) is -8.14. The summed E-state index contributed by atoms with van der Waals surface area (Å²) in [5, 5.41) is 11.7. The van der Waals surface area contributed by atoms with Crippen LogP contribution >= 0.6 is 0 Å². The Hall–Kier alpha value is -3.49. The fraction of sp³-hybridized carbons (Fsp3) is 0.423. The maximum Gasteiger partial charge on any atom is 0.407 e. The fourth-order valence-electron chi connectivity index (χ4n) is 4.88. The summed E-state index contributed by atoms with van der Waals surface area (Å²) >= 11 is 0.